The van der Waals surface area contributed by atoms with Crippen molar-refractivity contribution < 1.29 is 24.2 Å². The molecule has 2 aliphatic rings. The lowest BCUT2D eigenvalue weighted by Crippen LogP contribution is -2.43. The average Bonchev–Trinajstić information content (AvgIpc) is 3.08. The highest BCUT2D eigenvalue weighted by Crippen LogP contribution is 2.43. The van der Waals surface area contributed by atoms with Crippen LogP contribution < -0.4 is 5.56 Å². The van der Waals surface area contributed by atoms with E-state index in [2.05, 4.69) is 0 Å². The number of esters is 2. The first-order valence-corrected chi connectivity index (χ1v) is 10.8. The van der Waals surface area contributed by atoms with Gasteiger partial charge in [-0.1, -0.05) is 6.92 Å². The fourth-order valence-corrected chi connectivity index (χ4v) is 5.35. The summed E-state index contributed by atoms with van der Waals surface area (Å²) in [6.07, 6.45) is 0.693. The van der Waals surface area contributed by atoms with Crippen LogP contribution in [-0.4, -0.2) is 26.6 Å². The molecule has 8 nitrogen and oxygen atoms in total. The fraction of sp³-hybridized carbons (Fsp3) is 0.273. The van der Waals surface area contributed by atoms with Crippen LogP contribution in [0, 0.1) is 0 Å². The number of benzene rings is 1. The molecule has 1 atom stereocenters. The number of aryl methyl sites for hydroxylation is 1. The molecule has 0 saturated heterocycles. The number of aromatic nitrogens is 2. The molecule has 1 N–H and O–H groups in total. The van der Waals surface area contributed by atoms with Gasteiger partial charge in [0.1, 0.15) is 12.4 Å². The van der Waals surface area contributed by atoms with Gasteiger partial charge in [-0.25, -0.2) is 9.78 Å². The predicted molar refractivity (Wildman–Crippen MR) is 119 cm³/mol. The topological polar surface area (TPSA) is 108 Å². The Morgan fingerprint density at radius 1 is 1.32 bits per heavy atom. The fourth-order valence-electron chi connectivity index (χ4n) is 4.40. The molecule has 4 heterocycles. The minimum Gasteiger partial charge on any atom is -0.508 e. The maximum atomic E-state index is 13.4. The number of phenols is 1. The quantitative estimate of drug-likeness (QED) is 0.240. The van der Waals surface area contributed by atoms with Crippen LogP contribution in [0.5, 0.6) is 5.75 Å². The molecule has 0 fully saturated rings. The SMILES string of the molecule is CCc1c2c(nc3ccc(O)cc13)-c1cc3c(c(=O)n1C2)COC(=O)[C@@]3(I)OC(C)=O. The van der Waals surface area contributed by atoms with E-state index >= 15 is 0 Å². The molecule has 9 heteroatoms. The molecular weight excluding hydrogens is 515 g/mol. The monoisotopic (exact) mass is 532 g/mol. The van der Waals surface area contributed by atoms with Gasteiger partial charge >= 0.3 is 11.9 Å². The van der Waals surface area contributed by atoms with Crippen LogP contribution in [-0.2, 0) is 42.2 Å². The second kappa shape index (κ2) is 6.78. The van der Waals surface area contributed by atoms with Gasteiger partial charge in [-0.2, -0.15) is 0 Å². The smallest absolute Gasteiger partial charge is 0.366 e. The van der Waals surface area contributed by atoms with Crippen molar-refractivity contribution in [1.29, 1.82) is 0 Å². The summed E-state index contributed by atoms with van der Waals surface area (Å²) in [4.78, 5) is 42.3. The normalized spacial score (nSPS) is 18.9. The van der Waals surface area contributed by atoms with Gasteiger partial charge in [-0.15, -0.1) is 0 Å². The van der Waals surface area contributed by atoms with E-state index in [1.165, 1.54) is 6.92 Å². The Bertz CT molecular complexity index is 1380. The van der Waals surface area contributed by atoms with E-state index in [-0.39, 0.29) is 23.5 Å². The molecule has 0 spiro atoms. The molecule has 0 aliphatic carbocycles. The molecule has 1 aromatic carbocycles. The van der Waals surface area contributed by atoms with E-state index in [0.29, 0.717) is 35.4 Å². The summed E-state index contributed by atoms with van der Waals surface area (Å²) in [6.45, 7) is 3.36. The molecule has 0 saturated carbocycles. The van der Waals surface area contributed by atoms with Crippen LogP contribution in [0.25, 0.3) is 22.3 Å². The number of halogens is 1. The van der Waals surface area contributed by atoms with Crippen LogP contribution >= 0.6 is 22.6 Å². The summed E-state index contributed by atoms with van der Waals surface area (Å²) < 4.78 is 10.4. The molecule has 31 heavy (non-hydrogen) atoms. The Kier molecular flexibility index (Phi) is 4.37. The highest BCUT2D eigenvalue weighted by atomic mass is 127. The first-order chi connectivity index (χ1) is 14.7. The number of ether oxygens (including phenoxy) is 2. The zero-order valence-electron chi connectivity index (χ0n) is 16.7. The number of rotatable bonds is 2. The summed E-state index contributed by atoms with van der Waals surface area (Å²) >= 11 is 1.72. The van der Waals surface area contributed by atoms with Crippen molar-refractivity contribution in [2.24, 2.45) is 0 Å². The van der Waals surface area contributed by atoms with Crippen LogP contribution in [0.1, 0.15) is 36.1 Å². The Hall–Kier alpha value is -2.95. The summed E-state index contributed by atoms with van der Waals surface area (Å²) in [5.41, 5.74) is 4.11. The van der Waals surface area contributed by atoms with Crippen molar-refractivity contribution in [2.75, 3.05) is 0 Å². The van der Waals surface area contributed by atoms with Gasteiger partial charge in [0.25, 0.3) is 9.17 Å². The lowest BCUT2D eigenvalue weighted by molar-refractivity contribution is -0.172. The van der Waals surface area contributed by atoms with E-state index in [1.54, 1.807) is 51.4 Å². The highest BCUT2D eigenvalue weighted by Gasteiger charge is 2.49. The van der Waals surface area contributed by atoms with Crippen LogP contribution in [0.15, 0.2) is 29.1 Å². The minimum atomic E-state index is -1.73. The molecule has 2 aliphatic heterocycles. The maximum absolute atomic E-state index is 13.4. The number of pyridine rings is 2. The van der Waals surface area contributed by atoms with Gasteiger partial charge in [-0.3, -0.25) is 9.59 Å². The molecule has 0 radical (unpaired) electrons. The number of cyclic esters (lactones) is 1. The summed E-state index contributed by atoms with van der Waals surface area (Å²) in [7, 11) is 0. The van der Waals surface area contributed by atoms with E-state index in [4.69, 9.17) is 14.5 Å². The number of hydrogen-bond donors (Lipinski definition) is 1. The minimum absolute atomic E-state index is 0.152. The van der Waals surface area contributed by atoms with Crippen molar-refractivity contribution >= 4 is 45.4 Å². The predicted octanol–water partition coefficient (Wildman–Crippen LogP) is 2.90. The third kappa shape index (κ3) is 2.79. The first-order valence-electron chi connectivity index (χ1n) is 9.72. The molecule has 5 rings (SSSR count). The lowest BCUT2D eigenvalue weighted by Gasteiger charge is -2.31. The third-order valence-corrected chi connectivity index (χ3v) is 6.98. The average molecular weight is 532 g/mol. The summed E-state index contributed by atoms with van der Waals surface area (Å²) in [6, 6.07) is 6.70. The number of hydrogen-bond acceptors (Lipinski definition) is 7. The zero-order valence-corrected chi connectivity index (χ0v) is 18.8. The zero-order chi connectivity index (χ0) is 22.1. The first kappa shape index (κ1) is 20.0. The number of fused-ring (bicyclic) bond motifs is 5. The van der Waals surface area contributed by atoms with E-state index in [0.717, 1.165) is 16.5 Å². The number of nitrogens with zero attached hydrogens (tertiary/aromatic N) is 2. The standard InChI is InChI=1S/C22H17IN2O6/c1-3-12-13-6-11(27)4-5-17(13)24-19-14(12)8-25-18(19)7-16-15(20(25)28)9-30-21(29)22(16,23)31-10(2)26/h4-7,27H,3,8-9H2,1-2H3/t22-/m0/s1. The molecule has 158 valence electrons. The Balaban J connectivity index is 1.81. The molecular formula is C22H17IN2O6. The second-order valence-electron chi connectivity index (χ2n) is 7.55. The van der Waals surface area contributed by atoms with Gasteiger partial charge in [0.2, 0.25) is 0 Å². The van der Waals surface area contributed by atoms with E-state index in [9.17, 15) is 19.5 Å². The third-order valence-electron chi connectivity index (χ3n) is 5.74. The second-order valence-corrected chi connectivity index (χ2v) is 9.07. The Morgan fingerprint density at radius 3 is 2.81 bits per heavy atom. The van der Waals surface area contributed by atoms with Crippen LogP contribution in [0.3, 0.4) is 0 Å². The summed E-state index contributed by atoms with van der Waals surface area (Å²) in [5, 5.41) is 10.8. The van der Waals surface area contributed by atoms with E-state index < -0.39 is 15.5 Å². The number of carbonyl (C=O) groups is 2. The highest BCUT2D eigenvalue weighted by molar-refractivity contribution is 14.1. The van der Waals surface area contributed by atoms with Crippen molar-refractivity contribution in [3.63, 3.8) is 0 Å². The molecule has 0 bridgehead atoms. The van der Waals surface area contributed by atoms with Gasteiger partial charge in [-0.05, 0) is 58.8 Å². The van der Waals surface area contributed by atoms with Gasteiger partial charge < -0.3 is 19.1 Å². The molecule has 3 aromatic rings. The Morgan fingerprint density at radius 2 is 2.10 bits per heavy atom. The lowest BCUT2D eigenvalue weighted by atomic mass is 9.97. The number of carbonyl (C=O) groups excluding carboxylic acids is 2. The maximum Gasteiger partial charge on any atom is 0.366 e. The molecule has 2 aromatic heterocycles. The summed E-state index contributed by atoms with van der Waals surface area (Å²) in [5.74, 6) is -1.23. The van der Waals surface area contributed by atoms with Crippen LogP contribution in [0.2, 0.25) is 0 Å². The number of alkyl halides is 1. The van der Waals surface area contributed by atoms with Gasteiger partial charge in [0, 0.05) is 23.4 Å². The van der Waals surface area contributed by atoms with Gasteiger partial charge in [0.15, 0.2) is 0 Å². The van der Waals surface area contributed by atoms with E-state index in [1.807, 2.05) is 6.92 Å². The number of phenolic OH excluding ortho intramolecular Hbond substituents is 1. The largest absolute Gasteiger partial charge is 0.508 e. The molecule has 0 unspecified atom stereocenters. The van der Waals surface area contributed by atoms with Crippen molar-refractivity contribution in [3.05, 3.63) is 56.9 Å². The van der Waals surface area contributed by atoms with Crippen molar-refractivity contribution in [2.45, 2.75) is 37.0 Å². The number of aromatic hydroxyl groups is 1. The Labute approximate surface area is 189 Å². The van der Waals surface area contributed by atoms with Crippen LogP contribution in [0.4, 0.5) is 0 Å². The molecule has 0 amide bonds. The van der Waals surface area contributed by atoms with Gasteiger partial charge in [0.05, 0.1) is 29.0 Å². The van der Waals surface area contributed by atoms with Crippen molar-refractivity contribution in [3.8, 4) is 17.1 Å². The van der Waals surface area contributed by atoms with Crippen molar-refractivity contribution in [1.82, 2.24) is 9.55 Å².